The Labute approximate surface area is 437 Å². The quantitative estimate of drug-likeness (QED) is 0.160. The Kier molecular flexibility index (Phi) is 9.30. The summed E-state index contributed by atoms with van der Waals surface area (Å²) in [4.78, 5) is 0. The van der Waals surface area contributed by atoms with E-state index in [2.05, 4.69) is 276 Å². The summed E-state index contributed by atoms with van der Waals surface area (Å²) < 4.78 is 18.5. The highest BCUT2D eigenvalue weighted by atomic mass is 16.3. The average molecular weight is 969 g/mol. The third-order valence-corrected chi connectivity index (χ3v) is 15.7. The van der Waals surface area contributed by atoms with Gasteiger partial charge in [0.05, 0.1) is 32.8 Å². The number of aromatic nitrogens is 2. The van der Waals surface area contributed by atoms with Crippen molar-refractivity contribution in [2.45, 2.75) is 0 Å². The molecule has 0 N–H and O–H groups in total. The summed E-state index contributed by atoms with van der Waals surface area (Å²) in [6.45, 7) is 0. The van der Waals surface area contributed by atoms with Crippen LogP contribution in [0.5, 0.6) is 0 Å². The number of hydrogen-bond donors (Lipinski definition) is 0. The van der Waals surface area contributed by atoms with Crippen molar-refractivity contribution in [3.8, 4) is 67.0 Å². The molecule has 0 saturated heterocycles. The van der Waals surface area contributed by atoms with E-state index in [4.69, 9.17) is 8.83 Å². The third kappa shape index (κ3) is 6.44. The first kappa shape index (κ1) is 42.4. The van der Waals surface area contributed by atoms with Crippen molar-refractivity contribution in [2.24, 2.45) is 0 Å². The molecule has 0 saturated carbocycles. The van der Waals surface area contributed by atoms with E-state index in [1.54, 1.807) is 0 Å². The Balaban J connectivity index is 0.985. The zero-order valence-corrected chi connectivity index (χ0v) is 41.1. The first-order valence-corrected chi connectivity index (χ1v) is 26.0. The Morgan fingerprint density at radius 1 is 0.224 bits per heavy atom. The van der Waals surface area contributed by atoms with Gasteiger partial charge in [-0.25, -0.2) is 0 Å². The van der Waals surface area contributed by atoms with Gasteiger partial charge >= 0.3 is 0 Å². The lowest BCUT2D eigenvalue weighted by Crippen LogP contribution is -1.94. The number of fused-ring (bicyclic) bond motifs is 14. The maximum atomic E-state index is 6.88. The minimum absolute atomic E-state index is 0.851. The van der Waals surface area contributed by atoms with Crippen LogP contribution in [0.15, 0.2) is 276 Å². The summed E-state index contributed by atoms with van der Waals surface area (Å²) in [6, 6.07) is 96.5. The molecule has 76 heavy (non-hydrogen) atoms. The molecule has 0 radical (unpaired) electrons. The van der Waals surface area contributed by atoms with Crippen LogP contribution in [-0.2, 0) is 0 Å². The van der Waals surface area contributed by atoms with Crippen LogP contribution in [-0.4, -0.2) is 9.13 Å². The molecule has 16 rings (SSSR count). The van der Waals surface area contributed by atoms with Gasteiger partial charge in [0.2, 0.25) is 0 Å². The minimum Gasteiger partial charge on any atom is -0.456 e. The molecule has 4 heterocycles. The van der Waals surface area contributed by atoms with E-state index in [9.17, 15) is 0 Å². The van der Waals surface area contributed by atoms with Crippen molar-refractivity contribution in [2.75, 3.05) is 0 Å². The second-order valence-corrected chi connectivity index (χ2v) is 19.9. The summed E-state index contributed by atoms with van der Waals surface area (Å²) in [7, 11) is 0. The summed E-state index contributed by atoms with van der Waals surface area (Å²) in [5.74, 6) is 0. The third-order valence-electron chi connectivity index (χ3n) is 15.7. The molecular weight excluding hydrogens is 925 g/mol. The van der Waals surface area contributed by atoms with E-state index in [0.717, 1.165) is 133 Å². The molecule has 354 valence electrons. The highest BCUT2D eigenvalue weighted by Gasteiger charge is 2.24. The van der Waals surface area contributed by atoms with E-state index in [1.165, 1.54) is 21.5 Å². The van der Waals surface area contributed by atoms with Crippen LogP contribution in [0.4, 0.5) is 0 Å². The van der Waals surface area contributed by atoms with Crippen molar-refractivity contribution in [3.63, 3.8) is 0 Å². The van der Waals surface area contributed by atoms with E-state index in [0.29, 0.717) is 0 Å². The molecule has 0 spiro atoms. The first-order chi connectivity index (χ1) is 37.7. The lowest BCUT2D eigenvalue weighted by Gasteiger charge is -2.17. The van der Waals surface area contributed by atoms with E-state index < -0.39 is 0 Å². The molecule has 0 aliphatic heterocycles. The molecule has 16 aromatic rings. The van der Waals surface area contributed by atoms with E-state index >= 15 is 0 Å². The standard InChI is InChI=1S/C72H44N2O2/c1-5-18-45(19-6-1)49-40-50(46-20-7-2-8-21-46)42-51(41-49)60-43-48(55-28-17-31-65-68(55)70-67(76-65)39-36-59-57-27-14-16-30-63(57)74(72(59)70)53-24-11-4-12-25-53)32-34-54(60)47-33-37-64-61(44-47)69-66(75-64)38-35-58-56-26-13-15-29-62(56)73(71(58)69)52-22-9-3-10-23-52/h1-44H. The van der Waals surface area contributed by atoms with Gasteiger partial charge in [-0.3, -0.25) is 0 Å². The lowest BCUT2D eigenvalue weighted by molar-refractivity contribution is 0.669. The van der Waals surface area contributed by atoms with Crippen LogP contribution in [0.2, 0.25) is 0 Å². The van der Waals surface area contributed by atoms with Crippen molar-refractivity contribution in [3.05, 3.63) is 267 Å². The number of rotatable bonds is 7. The van der Waals surface area contributed by atoms with Crippen LogP contribution in [0, 0.1) is 0 Å². The van der Waals surface area contributed by atoms with Gasteiger partial charge in [0.15, 0.2) is 0 Å². The fraction of sp³-hybridized carbons (Fsp3) is 0. The normalized spacial score (nSPS) is 11.9. The second kappa shape index (κ2) is 16.7. The molecule has 4 heteroatoms. The van der Waals surface area contributed by atoms with Crippen LogP contribution < -0.4 is 0 Å². The number of hydrogen-bond acceptors (Lipinski definition) is 2. The van der Waals surface area contributed by atoms with Crippen molar-refractivity contribution < 1.29 is 8.83 Å². The summed E-state index contributed by atoms with van der Waals surface area (Å²) >= 11 is 0. The summed E-state index contributed by atoms with van der Waals surface area (Å²) in [5.41, 5.74) is 21.5. The molecule has 0 amide bonds. The Morgan fingerprint density at radius 3 is 1.32 bits per heavy atom. The predicted molar refractivity (Wildman–Crippen MR) is 317 cm³/mol. The van der Waals surface area contributed by atoms with Gasteiger partial charge in [-0.1, -0.05) is 164 Å². The molecule has 4 nitrogen and oxygen atoms in total. The van der Waals surface area contributed by atoms with Crippen molar-refractivity contribution in [1.29, 1.82) is 0 Å². The number of para-hydroxylation sites is 4. The zero-order chi connectivity index (χ0) is 49.8. The van der Waals surface area contributed by atoms with Gasteiger partial charge in [0, 0.05) is 43.7 Å². The lowest BCUT2D eigenvalue weighted by atomic mass is 9.87. The highest BCUT2D eigenvalue weighted by Crippen LogP contribution is 2.48. The van der Waals surface area contributed by atoms with Gasteiger partial charge in [-0.2, -0.15) is 0 Å². The predicted octanol–water partition coefficient (Wildman–Crippen LogP) is 20.0. The summed E-state index contributed by atoms with van der Waals surface area (Å²) in [6.07, 6.45) is 0. The van der Waals surface area contributed by atoms with Gasteiger partial charge in [0.25, 0.3) is 0 Å². The van der Waals surface area contributed by atoms with Gasteiger partial charge < -0.3 is 18.0 Å². The first-order valence-electron chi connectivity index (χ1n) is 26.0. The van der Waals surface area contributed by atoms with Crippen LogP contribution >= 0.6 is 0 Å². The maximum absolute atomic E-state index is 6.88. The minimum atomic E-state index is 0.851. The average Bonchev–Trinajstić information content (AvgIpc) is 4.33. The number of benzene rings is 12. The molecule has 0 atom stereocenters. The van der Waals surface area contributed by atoms with Crippen LogP contribution in [0.3, 0.4) is 0 Å². The van der Waals surface area contributed by atoms with E-state index in [1.807, 2.05) is 0 Å². The number of furan rings is 2. The number of nitrogens with zero attached hydrogens (tertiary/aromatic N) is 2. The fourth-order valence-electron chi connectivity index (χ4n) is 12.4. The molecular formula is C72H44N2O2. The Hall–Kier alpha value is -10.2. The largest absolute Gasteiger partial charge is 0.456 e. The van der Waals surface area contributed by atoms with E-state index in [-0.39, 0.29) is 0 Å². The Morgan fingerprint density at radius 2 is 0.697 bits per heavy atom. The molecule has 0 fully saturated rings. The molecule has 0 aliphatic carbocycles. The molecule has 0 aliphatic rings. The highest BCUT2D eigenvalue weighted by molar-refractivity contribution is 6.28. The van der Waals surface area contributed by atoms with Gasteiger partial charge in [-0.05, 0) is 159 Å². The monoisotopic (exact) mass is 968 g/mol. The second-order valence-electron chi connectivity index (χ2n) is 19.9. The van der Waals surface area contributed by atoms with Crippen molar-refractivity contribution >= 4 is 87.5 Å². The fourth-order valence-corrected chi connectivity index (χ4v) is 12.4. The molecule has 12 aromatic carbocycles. The molecule has 4 aromatic heterocycles. The summed E-state index contributed by atoms with van der Waals surface area (Å²) in [5, 5.41) is 9.16. The van der Waals surface area contributed by atoms with Gasteiger partial charge in [-0.15, -0.1) is 0 Å². The Bertz CT molecular complexity index is 4910. The smallest absolute Gasteiger partial charge is 0.137 e. The topological polar surface area (TPSA) is 36.1 Å². The van der Waals surface area contributed by atoms with Crippen LogP contribution in [0.1, 0.15) is 0 Å². The zero-order valence-electron chi connectivity index (χ0n) is 41.1. The molecule has 0 unspecified atom stereocenters. The molecule has 0 bridgehead atoms. The van der Waals surface area contributed by atoms with Crippen LogP contribution in [0.25, 0.3) is 154 Å². The van der Waals surface area contributed by atoms with Crippen molar-refractivity contribution in [1.82, 2.24) is 9.13 Å². The maximum Gasteiger partial charge on any atom is 0.137 e. The van der Waals surface area contributed by atoms with Gasteiger partial charge in [0.1, 0.15) is 22.3 Å². The SMILES string of the molecule is c1ccc(-c2cc(-c3ccccc3)cc(-c3cc(-c4cccc5oc6ccc7c8ccccc8n(-c8ccccc8)c7c6c45)ccc3-c3ccc4oc5ccc6c7ccccc7n(-c7ccccc7)c6c5c4c3)c2)cc1.